The molecule has 1 fully saturated rings. The second-order valence-corrected chi connectivity index (χ2v) is 6.52. The Morgan fingerprint density at radius 3 is 2.62 bits per heavy atom. The Labute approximate surface area is 129 Å². The van der Waals surface area contributed by atoms with Crippen molar-refractivity contribution in [3.63, 3.8) is 0 Å². The highest BCUT2D eigenvalue weighted by Gasteiger charge is 2.24. The smallest absolute Gasteiger partial charge is 0.119 e. The van der Waals surface area contributed by atoms with Gasteiger partial charge in [0, 0.05) is 18.6 Å². The summed E-state index contributed by atoms with van der Waals surface area (Å²) in [5, 5.41) is 0. The van der Waals surface area contributed by atoms with Gasteiger partial charge in [-0.25, -0.2) is 0 Å². The van der Waals surface area contributed by atoms with Crippen LogP contribution in [0.3, 0.4) is 0 Å². The quantitative estimate of drug-likeness (QED) is 0.870. The SMILES string of the molecule is COc1cccc(C(C(C)N)N(C)CC2CCCCC2)c1. The molecular weight excluding hydrogens is 260 g/mol. The van der Waals surface area contributed by atoms with Crippen molar-refractivity contribution >= 4 is 0 Å². The van der Waals surface area contributed by atoms with Crippen LogP contribution in [0.2, 0.25) is 0 Å². The predicted molar refractivity (Wildman–Crippen MR) is 88.6 cm³/mol. The lowest BCUT2D eigenvalue weighted by molar-refractivity contribution is 0.166. The van der Waals surface area contributed by atoms with Crippen LogP contribution in [0.5, 0.6) is 5.75 Å². The van der Waals surface area contributed by atoms with Crippen LogP contribution in [0.4, 0.5) is 0 Å². The number of hydrogen-bond acceptors (Lipinski definition) is 3. The highest BCUT2D eigenvalue weighted by molar-refractivity contribution is 5.31. The number of rotatable bonds is 6. The molecule has 0 saturated heterocycles. The molecule has 118 valence electrons. The van der Waals surface area contributed by atoms with E-state index in [1.165, 1.54) is 37.7 Å². The summed E-state index contributed by atoms with van der Waals surface area (Å²) < 4.78 is 5.36. The largest absolute Gasteiger partial charge is 0.497 e. The minimum absolute atomic E-state index is 0.102. The first-order valence-electron chi connectivity index (χ1n) is 8.21. The summed E-state index contributed by atoms with van der Waals surface area (Å²) in [6.07, 6.45) is 6.93. The molecule has 1 aliphatic carbocycles. The summed E-state index contributed by atoms with van der Waals surface area (Å²) >= 11 is 0. The van der Waals surface area contributed by atoms with Gasteiger partial charge >= 0.3 is 0 Å². The predicted octanol–water partition coefficient (Wildman–Crippen LogP) is 3.60. The van der Waals surface area contributed by atoms with E-state index in [1.54, 1.807) is 7.11 Å². The van der Waals surface area contributed by atoms with Gasteiger partial charge in [-0.1, -0.05) is 31.4 Å². The Bertz CT molecular complexity index is 427. The first kappa shape index (κ1) is 16.3. The van der Waals surface area contributed by atoms with Gasteiger partial charge in [0.05, 0.1) is 7.11 Å². The number of nitrogens with two attached hydrogens (primary N) is 1. The molecular formula is C18H30N2O. The maximum absolute atomic E-state index is 6.28. The van der Waals surface area contributed by atoms with Crippen LogP contribution in [-0.4, -0.2) is 31.6 Å². The molecule has 0 aromatic heterocycles. The van der Waals surface area contributed by atoms with E-state index in [4.69, 9.17) is 10.5 Å². The molecule has 0 radical (unpaired) electrons. The minimum atomic E-state index is 0.102. The molecule has 3 nitrogen and oxygen atoms in total. The first-order valence-corrected chi connectivity index (χ1v) is 8.21. The Morgan fingerprint density at radius 2 is 2.00 bits per heavy atom. The van der Waals surface area contributed by atoms with E-state index in [1.807, 2.05) is 6.07 Å². The zero-order chi connectivity index (χ0) is 15.2. The topological polar surface area (TPSA) is 38.5 Å². The minimum Gasteiger partial charge on any atom is -0.497 e. The van der Waals surface area contributed by atoms with Crippen molar-refractivity contribution in [2.24, 2.45) is 11.7 Å². The summed E-state index contributed by atoms with van der Waals surface area (Å²) in [7, 11) is 3.92. The zero-order valence-electron chi connectivity index (χ0n) is 13.7. The van der Waals surface area contributed by atoms with Gasteiger partial charge in [-0.05, 0) is 50.4 Å². The normalized spacial score (nSPS) is 19.5. The van der Waals surface area contributed by atoms with Crippen molar-refractivity contribution in [2.75, 3.05) is 20.7 Å². The van der Waals surface area contributed by atoms with Crippen LogP contribution in [0, 0.1) is 5.92 Å². The van der Waals surface area contributed by atoms with E-state index in [2.05, 4.69) is 37.1 Å². The van der Waals surface area contributed by atoms with Gasteiger partial charge in [0.2, 0.25) is 0 Å². The Kier molecular flexibility index (Phi) is 6.07. The van der Waals surface area contributed by atoms with Crippen molar-refractivity contribution in [3.05, 3.63) is 29.8 Å². The average Bonchev–Trinajstić information content (AvgIpc) is 2.48. The second-order valence-electron chi connectivity index (χ2n) is 6.52. The fraction of sp³-hybridized carbons (Fsp3) is 0.667. The van der Waals surface area contributed by atoms with Gasteiger partial charge in [-0.15, -0.1) is 0 Å². The highest BCUT2D eigenvalue weighted by atomic mass is 16.5. The molecule has 1 aliphatic rings. The van der Waals surface area contributed by atoms with E-state index in [0.29, 0.717) is 0 Å². The highest BCUT2D eigenvalue weighted by Crippen LogP contribution is 2.30. The maximum Gasteiger partial charge on any atom is 0.119 e. The fourth-order valence-corrected chi connectivity index (χ4v) is 3.68. The molecule has 0 amide bonds. The third-order valence-electron chi connectivity index (χ3n) is 4.68. The number of nitrogens with zero attached hydrogens (tertiary/aromatic N) is 1. The van der Waals surface area contributed by atoms with Crippen molar-refractivity contribution in [3.8, 4) is 5.75 Å². The molecule has 1 aromatic rings. The number of likely N-dealkylation sites (N-methyl/N-ethyl adjacent to an activating group) is 1. The molecule has 0 spiro atoms. The standard InChI is InChI=1S/C18H30N2O/c1-14(19)18(16-10-7-11-17(12-16)21-3)20(2)13-15-8-5-4-6-9-15/h7,10-12,14-15,18H,4-6,8-9,13,19H2,1-3H3. The Morgan fingerprint density at radius 1 is 1.29 bits per heavy atom. The molecule has 1 aromatic carbocycles. The summed E-state index contributed by atoms with van der Waals surface area (Å²) in [5.74, 6) is 1.74. The fourth-order valence-electron chi connectivity index (χ4n) is 3.68. The lowest BCUT2D eigenvalue weighted by Crippen LogP contribution is -2.39. The van der Waals surface area contributed by atoms with Crippen molar-refractivity contribution in [1.82, 2.24) is 4.90 Å². The molecule has 0 aliphatic heterocycles. The average molecular weight is 290 g/mol. The molecule has 0 heterocycles. The third kappa shape index (κ3) is 4.45. The van der Waals surface area contributed by atoms with Crippen LogP contribution in [-0.2, 0) is 0 Å². The van der Waals surface area contributed by atoms with E-state index in [9.17, 15) is 0 Å². The van der Waals surface area contributed by atoms with E-state index in [-0.39, 0.29) is 12.1 Å². The zero-order valence-corrected chi connectivity index (χ0v) is 13.7. The molecule has 3 heteroatoms. The van der Waals surface area contributed by atoms with Crippen molar-refractivity contribution < 1.29 is 4.74 Å². The lowest BCUT2D eigenvalue weighted by Gasteiger charge is -2.35. The number of ether oxygens (including phenoxy) is 1. The molecule has 0 bridgehead atoms. The van der Waals surface area contributed by atoms with Crippen molar-refractivity contribution in [2.45, 2.75) is 51.1 Å². The lowest BCUT2D eigenvalue weighted by atomic mass is 9.88. The maximum atomic E-state index is 6.28. The number of hydrogen-bond donors (Lipinski definition) is 1. The van der Waals surface area contributed by atoms with Gasteiger partial charge < -0.3 is 10.5 Å². The van der Waals surface area contributed by atoms with Gasteiger partial charge in [0.1, 0.15) is 5.75 Å². The second kappa shape index (κ2) is 7.81. The Balaban J connectivity index is 2.09. The van der Waals surface area contributed by atoms with Gasteiger partial charge in [0.25, 0.3) is 0 Å². The van der Waals surface area contributed by atoms with Crippen LogP contribution in [0.25, 0.3) is 0 Å². The summed E-state index contributed by atoms with van der Waals surface area (Å²) in [4.78, 5) is 2.44. The summed E-state index contributed by atoms with van der Waals surface area (Å²) in [6.45, 7) is 3.24. The van der Waals surface area contributed by atoms with Crippen LogP contribution in [0.15, 0.2) is 24.3 Å². The van der Waals surface area contributed by atoms with Gasteiger partial charge in [-0.3, -0.25) is 4.90 Å². The molecule has 2 atom stereocenters. The van der Waals surface area contributed by atoms with E-state index >= 15 is 0 Å². The van der Waals surface area contributed by atoms with Crippen molar-refractivity contribution in [1.29, 1.82) is 0 Å². The number of methoxy groups -OCH3 is 1. The number of benzene rings is 1. The summed E-state index contributed by atoms with van der Waals surface area (Å²) in [5.41, 5.74) is 7.54. The van der Waals surface area contributed by atoms with Crippen LogP contribution in [0.1, 0.15) is 50.6 Å². The molecule has 2 unspecified atom stereocenters. The third-order valence-corrected chi connectivity index (χ3v) is 4.68. The molecule has 2 N–H and O–H groups in total. The molecule has 1 saturated carbocycles. The van der Waals surface area contributed by atoms with Crippen LogP contribution < -0.4 is 10.5 Å². The molecule has 21 heavy (non-hydrogen) atoms. The first-order chi connectivity index (χ1) is 10.1. The van der Waals surface area contributed by atoms with E-state index in [0.717, 1.165) is 18.2 Å². The van der Waals surface area contributed by atoms with E-state index < -0.39 is 0 Å². The monoisotopic (exact) mass is 290 g/mol. The Hall–Kier alpha value is -1.06. The van der Waals surface area contributed by atoms with Gasteiger partial charge in [0.15, 0.2) is 0 Å². The van der Waals surface area contributed by atoms with Gasteiger partial charge in [-0.2, -0.15) is 0 Å². The molecule has 2 rings (SSSR count). The van der Waals surface area contributed by atoms with Crippen LogP contribution >= 0.6 is 0 Å². The summed E-state index contributed by atoms with van der Waals surface area (Å²) in [6, 6.07) is 8.67.